The maximum Gasteiger partial charge on any atom is 0.416 e. The predicted octanol–water partition coefficient (Wildman–Crippen LogP) is 4.84. The van der Waals surface area contributed by atoms with Crippen LogP contribution in [0.15, 0.2) is 28.9 Å². The molecule has 102 valence electrons. The molecule has 0 atom stereocenters. The average molecular weight is 351 g/mol. The lowest BCUT2D eigenvalue weighted by atomic mass is 10.2. The third kappa shape index (κ3) is 3.70. The number of aromatic nitrogens is 1. The summed E-state index contributed by atoms with van der Waals surface area (Å²) in [6, 6.07) is 3.53. The van der Waals surface area contributed by atoms with Crippen LogP contribution in [0.25, 0.3) is 0 Å². The highest BCUT2D eigenvalue weighted by Gasteiger charge is 2.30. The summed E-state index contributed by atoms with van der Waals surface area (Å²) in [5, 5.41) is 3.91. The average Bonchev–Trinajstić information content (AvgIpc) is 2.72. The normalized spacial score (nSPS) is 11.6. The van der Waals surface area contributed by atoms with Gasteiger partial charge in [-0.05, 0) is 41.1 Å². The molecule has 2 nitrogen and oxygen atoms in total. The van der Waals surface area contributed by atoms with Gasteiger partial charge in [0.15, 0.2) is 0 Å². The molecular weight excluding hydrogens is 341 g/mol. The van der Waals surface area contributed by atoms with Crippen molar-refractivity contribution < 1.29 is 13.2 Å². The van der Waals surface area contributed by atoms with Gasteiger partial charge in [-0.3, -0.25) is 0 Å². The Bertz CT molecular complexity index is 581. The number of thiazole rings is 1. The van der Waals surface area contributed by atoms with Crippen LogP contribution in [0.5, 0.6) is 0 Å². The first kappa shape index (κ1) is 14.3. The van der Waals surface area contributed by atoms with Crippen LogP contribution in [-0.4, -0.2) is 4.98 Å². The molecule has 0 aliphatic heterocycles. The van der Waals surface area contributed by atoms with Gasteiger partial charge in [0.05, 0.1) is 17.1 Å². The second-order valence-corrected chi connectivity index (χ2v) is 6.07. The number of halogens is 4. The van der Waals surface area contributed by atoms with E-state index in [0.717, 1.165) is 22.0 Å². The van der Waals surface area contributed by atoms with E-state index >= 15 is 0 Å². The molecule has 7 heteroatoms. The summed E-state index contributed by atoms with van der Waals surface area (Å²) in [5.41, 5.74) is -0.250. The molecule has 2 rings (SSSR count). The molecule has 0 unspecified atom stereocenters. The van der Waals surface area contributed by atoms with Crippen molar-refractivity contribution >= 4 is 33.0 Å². The number of hydrogen-bond donors (Lipinski definition) is 1. The molecule has 0 amide bonds. The smallest absolute Gasteiger partial charge is 0.379 e. The van der Waals surface area contributed by atoms with Crippen LogP contribution in [0.3, 0.4) is 0 Å². The standard InChI is InChI=1S/C12H10BrF3N2S/c1-7-17-5-9(19-7)6-18-11-4-8(12(14,15)16)2-3-10(11)13/h2-5,18H,6H2,1H3. The zero-order valence-corrected chi connectivity index (χ0v) is 12.3. The number of alkyl halides is 3. The second-order valence-electron chi connectivity index (χ2n) is 3.89. The summed E-state index contributed by atoms with van der Waals surface area (Å²) < 4.78 is 38.4. The second kappa shape index (κ2) is 5.50. The summed E-state index contributed by atoms with van der Waals surface area (Å²) in [6.07, 6.45) is -2.62. The van der Waals surface area contributed by atoms with Gasteiger partial charge in [0.2, 0.25) is 0 Å². The van der Waals surface area contributed by atoms with E-state index in [9.17, 15) is 13.2 Å². The Morgan fingerprint density at radius 1 is 1.37 bits per heavy atom. The molecule has 19 heavy (non-hydrogen) atoms. The zero-order chi connectivity index (χ0) is 14.0. The number of benzene rings is 1. The number of hydrogen-bond acceptors (Lipinski definition) is 3. The van der Waals surface area contributed by atoms with Crippen LogP contribution in [-0.2, 0) is 12.7 Å². The highest BCUT2D eigenvalue weighted by atomic mass is 79.9. The summed E-state index contributed by atoms with van der Waals surface area (Å²) >= 11 is 4.75. The molecule has 1 heterocycles. The van der Waals surface area contributed by atoms with Gasteiger partial charge in [-0.25, -0.2) is 4.98 Å². The molecule has 0 saturated carbocycles. The number of nitrogens with zero attached hydrogens (tertiary/aromatic N) is 1. The van der Waals surface area contributed by atoms with E-state index in [1.807, 2.05) is 6.92 Å². The first-order valence-corrected chi connectivity index (χ1v) is 6.99. The third-order valence-electron chi connectivity index (χ3n) is 2.42. The Hall–Kier alpha value is -1.08. The van der Waals surface area contributed by atoms with E-state index in [-0.39, 0.29) is 0 Å². The van der Waals surface area contributed by atoms with Crippen molar-refractivity contribution in [2.45, 2.75) is 19.6 Å². The van der Waals surface area contributed by atoms with Crippen molar-refractivity contribution in [3.8, 4) is 0 Å². The summed E-state index contributed by atoms with van der Waals surface area (Å²) in [7, 11) is 0. The van der Waals surface area contributed by atoms with E-state index in [1.54, 1.807) is 6.20 Å². The van der Waals surface area contributed by atoms with Gasteiger partial charge in [0.25, 0.3) is 0 Å². The van der Waals surface area contributed by atoms with Gasteiger partial charge in [-0.1, -0.05) is 0 Å². The molecule has 0 fully saturated rings. The van der Waals surface area contributed by atoms with Crippen LogP contribution < -0.4 is 5.32 Å². The Balaban J connectivity index is 2.15. The van der Waals surface area contributed by atoms with Gasteiger partial charge in [-0.15, -0.1) is 11.3 Å². The maximum absolute atomic E-state index is 12.6. The molecule has 0 bridgehead atoms. The van der Waals surface area contributed by atoms with Crippen molar-refractivity contribution in [1.29, 1.82) is 0 Å². The Kier molecular flexibility index (Phi) is 4.15. The van der Waals surface area contributed by atoms with Gasteiger partial charge >= 0.3 is 6.18 Å². The van der Waals surface area contributed by atoms with Crippen molar-refractivity contribution in [3.05, 3.63) is 44.3 Å². The van der Waals surface area contributed by atoms with E-state index in [1.165, 1.54) is 17.4 Å². The van der Waals surface area contributed by atoms with Crippen LogP contribution >= 0.6 is 27.3 Å². The summed E-state index contributed by atoms with van der Waals surface area (Å²) in [4.78, 5) is 5.07. The number of aryl methyl sites for hydroxylation is 1. The number of anilines is 1. The fourth-order valence-electron chi connectivity index (χ4n) is 1.51. The minimum Gasteiger partial charge on any atom is -0.379 e. The molecule has 1 aromatic heterocycles. The quantitative estimate of drug-likeness (QED) is 0.856. The summed E-state index contributed by atoms with van der Waals surface area (Å²) in [5.74, 6) is 0. The minimum atomic E-state index is -4.34. The monoisotopic (exact) mass is 350 g/mol. The van der Waals surface area contributed by atoms with E-state index in [2.05, 4.69) is 26.2 Å². The number of rotatable bonds is 3. The molecule has 1 aromatic carbocycles. The predicted molar refractivity (Wildman–Crippen MR) is 73.3 cm³/mol. The van der Waals surface area contributed by atoms with Crippen LogP contribution in [0.2, 0.25) is 0 Å². The molecule has 0 saturated heterocycles. The zero-order valence-electron chi connectivity index (χ0n) is 9.88. The Morgan fingerprint density at radius 2 is 2.11 bits per heavy atom. The Labute approximate surface area is 120 Å². The maximum atomic E-state index is 12.6. The molecule has 0 radical (unpaired) electrons. The first-order chi connectivity index (χ1) is 8.86. The van der Waals surface area contributed by atoms with Crippen LogP contribution in [0.1, 0.15) is 15.4 Å². The van der Waals surface area contributed by atoms with Crippen molar-refractivity contribution in [2.24, 2.45) is 0 Å². The largest absolute Gasteiger partial charge is 0.416 e. The van der Waals surface area contributed by atoms with Crippen LogP contribution in [0.4, 0.5) is 18.9 Å². The van der Waals surface area contributed by atoms with Gasteiger partial charge < -0.3 is 5.32 Å². The highest BCUT2D eigenvalue weighted by molar-refractivity contribution is 9.10. The van der Waals surface area contributed by atoms with Gasteiger partial charge in [-0.2, -0.15) is 13.2 Å². The molecule has 2 aromatic rings. The van der Waals surface area contributed by atoms with Crippen molar-refractivity contribution in [3.63, 3.8) is 0 Å². The van der Waals surface area contributed by atoms with E-state index < -0.39 is 11.7 Å². The topological polar surface area (TPSA) is 24.9 Å². The van der Waals surface area contributed by atoms with E-state index in [4.69, 9.17) is 0 Å². The lowest BCUT2D eigenvalue weighted by Crippen LogP contribution is -2.06. The minimum absolute atomic E-state index is 0.417. The summed E-state index contributed by atoms with van der Waals surface area (Å²) in [6.45, 7) is 2.33. The molecular formula is C12H10BrF3N2S. The number of nitrogens with one attached hydrogen (secondary N) is 1. The fourth-order valence-corrected chi connectivity index (χ4v) is 2.63. The van der Waals surface area contributed by atoms with Gasteiger partial charge in [0, 0.05) is 21.2 Å². The SMILES string of the molecule is Cc1ncc(CNc2cc(C(F)(F)F)ccc2Br)s1. The van der Waals surface area contributed by atoms with Crippen molar-refractivity contribution in [1.82, 2.24) is 4.98 Å². The molecule has 0 aliphatic carbocycles. The van der Waals surface area contributed by atoms with E-state index in [0.29, 0.717) is 16.7 Å². The fraction of sp³-hybridized carbons (Fsp3) is 0.250. The Morgan fingerprint density at radius 3 is 2.68 bits per heavy atom. The lowest BCUT2D eigenvalue weighted by Gasteiger charge is -2.11. The molecule has 0 aliphatic rings. The third-order valence-corrected chi connectivity index (χ3v) is 4.02. The van der Waals surface area contributed by atoms with Crippen molar-refractivity contribution in [2.75, 3.05) is 5.32 Å². The first-order valence-electron chi connectivity index (χ1n) is 5.38. The highest BCUT2D eigenvalue weighted by Crippen LogP contribution is 2.34. The molecule has 0 spiro atoms. The lowest BCUT2D eigenvalue weighted by molar-refractivity contribution is -0.137. The van der Waals surface area contributed by atoms with Gasteiger partial charge in [0.1, 0.15) is 0 Å². The molecule has 1 N–H and O–H groups in total. The van der Waals surface area contributed by atoms with Crippen LogP contribution in [0, 0.1) is 6.92 Å².